The quantitative estimate of drug-likeness (QED) is 0.113. The van der Waals surface area contributed by atoms with E-state index in [4.69, 9.17) is 0 Å². The first-order chi connectivity index (χ1) is 23.1. The fraction of sp³-hybridized carbons (Fsp3) is 1.00. The van der Waals surface area contributed by atoms with Gasteiger partial charge in [0.05, 0.1) is 0 Å². The molecule has 2 nitrogen and oxygen atoms in total. The third-order valence-electron chi connectivity index (χ3n) is 6.85. The van der Waals surface area contributed by atoms with Gasteiger partial charge in [0, 0.05) is 14.2 Å². The lowest BCUT2D eigenvalue weighted by Gasteiger charge is -2.49. The van der Waals surface area contributed by atoms with Gasteiger partial charge in [0.25, 0.3) is 0 Å². The second kappa shape index (κ2) is 12.9. The SMILES string of the molecule is CO[Si](OC)(C(F)(F)C(F)(F)C(F)(F)C(F)(F)C(F)(F)C(F)(F)C(F)(F)C(F)(F)F)C(F)(F)C(F)(F)C(F)(F)C(F)(F)C(F)(F)C(F)(F)C(F)(F)C(F)(F)F. The van der Waals surface area contributed by atoms with Crippen LogP contribution in [0.25, 0.3) is 0 Å². The van der Waals surface area contributed by atoms with Crippen molar-refractivity contribution in [1.82, 2.24) is 0 Å². The maximum Gasteiger partial charge on any atom is 0.502 e. The number of rotatable bonds is 16. The van der Waals surface area contributed by atoms with Crippen molar-refractivity contribution in [3.8, 4) is 0 Å². The Morgan fingerprint density at radius 1 is 0.218 bits per heavy atom. The maximum atomic E-state index is 14.8. The summed E-state index contributed by atoms with van der Waals surface area (Å²) in [4.78, 5) is 0. The van der Waals surface area contributed by atoms with Crippen LogP contribution in [-0.2, 0) is 8.85 Å². The molecule has 0 fully saturated rings. The third-order valence-corrected chi connectivity index (χ3v) is 10.3. The highest BCUT2D eigenvalue weighted by Crippen LogP contribution is 2.69. The van der Waals surface area contributed by atoms with E-state index in [9.17, 15) is 149 Å². The molecule has 0 heterocycles. The molecule has 0 aliphatic heterocycles. The van der Waals surface area contributed by atoms with Gasteiger partial charge in [-0.1, -0.05) is 0 Å². The molecular weight excluding hydrogens is 922 g/mol. The van der Waals surface area contributed by atoms with Crippen LogP contribution in [0.2, 0.25) is 0 Å². The second-order valence-electron chi connectivity index (χ2n) is 10.1. The standard InChI is InChI=1S/C18H6F34O2Si/c1-53-55(54-2,17(49,50)13(39,40)9(31,32)5(23,24)3(19,20)7(27,28)11(35,36)15(43,44)45)18(51,52)14(41,42)10(33,34)6(25,26)4(21,22)8(29,30)12(37,38)16(46,47)48/h1-2H3. The summed E-state index contributed by atoms with van der Waals surface area (Å²) in [6.07, 6.45) is -16.7. The molecule has 0 unspecified atom stereocenters. The number of halogens is 34. The first-order valence-electron chi connectivity index (χ1n) is 11.7. The minimum absolute atomic E-state index is 1.50. The van der Waals surface area contributed by atoms with Crippen molar-refractivity contribution in [2.45, 2.75) is 94.5 Å². The van der Waals surface area contributed by atoms with Crippen LogP contribution in [0.3, 0.4) is 0 Å². The molecule has 0 atom stereocenters. The zero-order chi connectivity index (χ0) is 45.9. The van der Waals surface area contributed by atoms with Crippen molar-refractivity contribution in [3.63, 3.8) is 0 Å². The summed E-state index contributed by atoms with van der Waals surface area (Å²) in [5.41, 5.74) is -18.6. The Morgan fingerprint density at radius 2 is 0.345 bits per heavy atom. The van der Waals surface area contributed by atoms with Crippen LogP contribution in [0, 0.1) is 0 Å². The molecule has 0 aliphatic rings. The zero-order valence-corrected chi connectivity index (χ0v) is 25.2. The lowest BCUT2D eigenvalue weighted by molar-refractivity contribution is -0.462. The Kier molecular flexibility index (Phi) is 12.4. The summed E-state index contributed by atoms with van der Waals surface area (Å²) in [5.74, 6) is -114. The van der Waals surface area contributed by atoms with Crippen molar-refractivity contribution in [2.24, 2.45) is 0 Å². The normalized spacial score (nSPS) is 17.2. The van der Waals surface area contributed by atoms with E-state index in [1.165, 1.54) is 0 Å². The molecule has 0 N–H and O–H groups in total. The summed E-state index contributed by atoms with van der Waals surface area (Å²) in [6, 6.07) is 0. The number of alkyl halides is 34. The highest BCUT2D eigenvalue weighted by atomic mass is 28.4. The average molecular weight is 928 g/mol. The van der Waals surface area contributed by atoms with Gasteiger partial charge >= 0.3 is 103 Å². The van der Waals surface area contributed by atoms with Gasteiger partial charge in [-0.3, -0.25) is 0 Å². The molecule has 0 aromatic carbocycles. The van der Waals surface area contributed by atoms with Gasteiger partial charge in [-0.15, -0.1) is 0 Å². The smallest absolute Gasteiger partial charge is 0.390 e. The van der Waals surface area contributed by atoms with Gasteiger partial charge in [-0.05, 0) is 0 Å². The minimum atomic E-state index is -10.5. The van der Waals surface area contributed by atoms with Gasteiger partial charge in [0.1, 0.15) is 0 Å². The summed E-state index contributed by atoms with van der Waals surface area (Å²) in [6.45, 7) is 0. The fourth-order valence-electron chi connectivity index (χ4n) is 3.53. The van der Waals surface area contributed by atoms with Crippen molar-refractivity contribution < 1.29 is 158 Å². The molecule has 332 valence electrons. The highest BCUT2D eigenvalue weighted by Gasteiger charge is 3.03. The predicted octanol–water partition coefficient (Wildman–Crippen LogP) is 10.8. The zero-order valence-electron chi connectivity index (χ0n) is 24.2. The van der Waals surface area contributed by atoms with Crippen molar-refractivity contribution in [2.75, 3.05) is 14.2 Å². The van der Waals surface area contributed by atoms with Crippen LogP contribution in [0.15, 0.2) is 0 Å². The number of hydrogen-bond acceptors (Lipinski definition) is 2. The molecule has 0 spiro atoms. The molecule has 0 aliphatic carbocycles. The van der Waals surface area contributed by atoms with E-state index in [-0.39, 0.29) is 0 Å². The van der Waals surface area contributed by atoms with Gasteiger partial charge in [-0.25, -0.2) is 0 Å². The molecule has 0 aromatic rings. The molecule has 0 bridgehead atoms. The van der Waals surface area contributed by atoms with Crippen LogP contribution >= 0.6 is 0 Å². The maximum absolute atomic E-state index is 14.8. The molecule has 55 heavy (non-hydrogen) atoms. The van der Waals surface area contributed by atoms with E-state index < -0.39 is 117 Å². The first-order valence-corrected chi connectivity index (χ1v) is 13.5. The van der Waals surface area contributed by atoms with E-state index in [0.29, 0.717) is 0 Å². The van der Waals surface area contributed by atoms with E-state index >= 15 is 0 Å². The lowest BCUT2D eigenvalue weighted by atomic mass is 9.91. The van der Waals surface area contributed by atoms with Crippen LogP contribution in [0.1, 0.15) is 0 Å². The molecule has 0 aromatic heterocycles. The van der Waals surface area contributed by atoms with E-state index in [2.05, 4.69) is 8.85 Å². The Bertz CT molecular complexity index is 1280. The van der Waals surface area contributed by atoms with Gasteiger partial charge in [0.2, 0.25) is 0 Å². The van der Waals surface area contributed by atoms with Crippen LogP contribution < -0.4 is 0 Å². The van der Waals surface area contributed by atoms with Gasteiger partial charge in [-0.2, -0.15) is 149 Å². The van der Waals surface area contributed by atoms with Crippen LogP contribution in [0.5, 0.6) is 0 Å². The molecule has 0 rings (SSSR count). The van der Waals surface area contributed by atoms with E-state index in [0.717, 1.165) is 0 Å². The molecular formula is C18H6F34O2Si. The second-order valence-corrected chi connectivity index (χ2v) is 13.4. The average Bonchev–Trinajstić information content (AvgIpc) is 2.95. The molecule has 37 heteroatoms. The highest BCUT2D eigenvalue weighted by molar-refractivity contribution is 6.73. The van der Waals surface area contributed by atoms with Gasteiger partial charge in [0.15, 0.2) is 0 Å². The van der Waals surface area contributed by atoms with Gasteiger partial charge < -0.3 is 8.85 Å². The molecule has 0 amide bonds. The largest absolute Gasteiger partial charge is 0.502 e. The monoisotopic (exact) mass is 928 g/mol. The summed E-state index contributed by atoms with van der Waals surface area (Å²) >= 11 is 0. The Labute approximate surface area is 276 Å². The van der Waals surface area contributed by atoms with Crippen molar-refractivity contribution in [1.29, 1.82) is 0 Å². The minimum Gasteiger partial charge on any atom is -0.390 e. The summed E-state index contributed by atoms with van der Waals surface area (Å²) in [7, 11) is -13.5. The Balaban J connectivity index is 8.12. The fourth-order valence-corrected chi connectivity index (χ4v) is 6.26. The molecule has 0 radical (unpaired) electrons. The van der Waals surface area contributed by atoms with E-state index in [1.54, 1.807) is 0 Å². The first kappa shape index (κ1) is 52.8. The van der Waals surface area contributed by atoms with Crippen molar-refractivity contribution in [3.05, 3.63) is 0 Å². The Morgan fingerprint density at radius 3 is 0.473 bits per heavy atom. The van der Waals surface area contributed by atoms with Crippen molar-refractivity contribution >= 4 is 8.56 Å². The molecule has 0 saturated heterocycles. The molecule has 0 saturated carbocycles. The Hall–Kier alpha value is -2.24. The lowest BCUT2D eigenvalue weighted by Crippen LogP contribution is -2.85. The summed E-state index contributed by atoms with van der Waals surface area (Å²) in [5, 5.41) is 0. The number of hydrogen-bond donors (Lipinski definition) is 0. The predicted molar refractivity (Wildman–Crippen MR) is 101 cm³/mol. The topological polar surface area (TPSA) is 18.5 Å². The van der Waals surface area contributed by atoms with E-state index in [1.807, 2.05) is 0 Å². The summed E-state index contributed by atoms with van der Waals surface area (Å²) < 4.78 is 467. The van der Waals surface area contributed by atoms with Crippen LogP contribution in [-0.4, -0.2) is 117 Å². The van der Waals surface area contributed by atoms with Crippen LogP contribution in [0.4, 0.5) is 149 Å². The third kappa shape index (κ3) is 5.87.